The lowest BCUT2D eigenvalue weighted by molar-refractivity contribution is -0.143. The highest BCUT2D eigenvalue weighted by Gasteiger charge is 2.28. The molecular formula is C21H17NO2. The van der Waals surface area contributed by atoms with Gasteiger partial charge in [0.05, 0.1) is 12.1 Å². The molecule has 0 fully saturated rings. The average Bonchev–Trinajstić information content (AvgIpc) is 2.95. The van der Waals surface area contributed by atoms with Gasteiger partial charge in [0.25, 0.3) is 0 Å². The molecule has 0 radical (unpaired) electrons. The second-order valence-electron chi connectivity index (χ2n) is 5.91. The molecule has 0 amide bonds. The van der Waals surface area contributed by atoms with Crippen LogP contribution in [-0.4, -0.2) is 17.6 Å². The van der Waals surface area contributed by atoms with E-state index >= 15 is 0 Å². The first kappa shape index (κ1) is 14.6. The third kappa shape index (κ3) is 2.69. The van der Waals surface area contributed by atoms with Crippen molar-refractivity contribution in [2.45, 2.75) is 12.3 Å². The van der Waals surface area contributed by atoms with Crippen molar-refractivity contribution in [1.82, 2.24) is 4.98 Å². The average molecular weight is 315 g/mol. The summed E-state index contributed by atoms with van der Waals surface area (Å²) in [5, 5.41) is 0. The van der Waals surface area contributed by atoms with E-state index in [-0.39, 0.29) is 18.3 Å². The molecule has 118 valence electrons. The van der Waals surface area contributed by atoms with E-state index in [2.05, 4.69) is 29.2 Å². The smallest absolute Gasteiger partial charge is 0.311 e. The molecule has 1 aromatic heterocycles. The SMILES string of the molecule is O=C(Cc1ccccn1)OCC1c2ccccc2-c2ccccc21. The Labute approximate surface area is 140 Å². The van der Waals surface area contributed by atoms with Gasteiger partial charge in [0.15, 0.2) is 0 Å². The van der Waals surface area contributed by atoms with Crippen LogP contribution < -0.4 is 0 Å². The predicted molar refractivity (Wildman–Crippen MR) is 92.6 cm³/mol. The first-order valence-electron chi connectivity index (χ1n) is 8.06. The molecule has 2 aromatic carbocycles. The van der Waals surface area contributed by atoms with Crippen LogP contribution in [-0.2, 0) is 16.0 Å². The molecule has 0 saturated heterocycles. The molecular weight excluding hydrogens is 298 g/mol. The Morgan fingerprint density at radius 2 is 1.50 bits per heavy atom. The van der Waals surface area contributed by atoms with Crippen LogP contribution in [0.1, 0.15) is 22.7 Å². The molecule has 1 aliphatic rings. The van der Waals surface area contributed by atoms with Crippen LogP contribution in [0.4, 0.5) is 0 Å². The van der Waals surface area contributed by atoms with Crippen LogP contribution >= 0.6 is 0 Å². The summed E-state index contributed by atoms with van der Waals surface area (Å²) < 4.78 is 5.56. The molecule has 4 rings (SSSR count). The number of fused-ring (bicyclic) bond motifs is 3. The molecule has 1 heterocycles. The van der Waals surface area contributed by atoms with Gasteiger partial charge >= 0.3 is 5.97 Å². The van der Waals surface area contributed by atoms with Gasteiger partial charge in [0, 0.05) is 12.1 Å². The number of hydrogen-bond acceptors (Lipinski definition) is 3. The molecule has 0 N–H and O–H groups in total. The second kappa shape index (κ2) is 6.28. The Balaban J connectivity index is 1.52. The Bertz CT molecular complexity index is 828. The van der Waals surface area contributed by atoms with E-state index in [0.29, 0.717) is 6.61 Å². The van der Waals surface area contributed by atoms with E-state index in [9.17, 15) is 4.79 Å². The van der Waals surface area contributed by atoms with E-state index in [4.69, 9.17) is 4.74 Å². The first-order valence-corrected chi connectivity index (χ1v) is 8.06. The van der Waals surface area contributed by atoms with Crippen LogP contribution in [0.5, 0.6) is 0 Å². The Morgan fingerprint density at radius 1 is 0.875 bits per heavy atom. The Morgan fingerprint density at radius 3 is 2.12 bits per heavy atom. The summed E-state index contributed by atoms with van der Waals surface area (Å²) in [6.45, 7) is 0.361. The Kier molecular flexibility index (Phi) is 3.83. The quantitative estimate of drug-likeness (QED) is 0.684. The van der Waals surface area contributed by atoms with Crippen molar-refractivity contribution in [2.24, 2.45) is 0 Å². The summed E-state index contributed by atoms with van der Waals surface area (Å²) in [6, 6.07) is 22.2. The maximum atomic E-state index is 12.1. The predicted octanol–water partition coefficient (Wildman–Crippen LogP) is 3.98. The molecule has 3 nitrogen and oxygen atoms in total. The molecule has 0 bridgehead atoms. The fourth-order valence-corrected chi connectivity index (χ4v) is 3.32. The van der Waals surface area contributed by atoms with Gasteiger partial charge in [0.1, 0.15) is 6.61 Å². The minimum Gasteiger partial charge on any atom is -0.464 e. The lowest BCUT2D eigenvalue weighted by Crippen LogP contribution is -2.14. The van der Waals surface area contributed by atoms with Gasteiger partial charge in [-0.05, 0) is 34.4 Å². The molecule has 0 unspecified atom stereocenters. The maximum absolute atomic E-state index is 12.1. The van der Waals surface area contributed by atoms with Crippen LogP contribution in [0.25, 0.3) is 11.1 Å². The highest BCUT2D eigenvalue weighted by atomic mass is 16.5. The topological polar surface area (TPSA) is 39.2 Å². The first-order chi connectivity index (χ1) is 11.8. The van der Waals surface area contributed by atoms with E-state index in [1.165, 1.54) is 22.3 Å². The van der Waals surface area contributed by atoms with Gasteiger partial charge in [0.2, 0.25) is 0 Å². The molecule has 1 aliphatic carbocycles. The lowest BCUT2D eigenvalue weighted by Gasteiger charge is -2.14. The van der Waals surface area contributed by atoms with E-state index in [1.54, 1.807) is 6.20 Å². The van der Waals surface area contributed by atoms with E-state index in [0.717, 1.165) is 5.69 Å². The fraction of sp³-hybridized carbons (Fsp3) is 0.143. The molecule has 0 atom stereocenters. The number of rotatable bonds is 4. The van der Waals surface area contributed by atoms with E-state index in [1.807, 2.05) is 42.5 Å². The number of benzene rings is 2. The zero-order valence-corrected chi connectivity index (χ0v) is 13.2. The van der Waals surface area contributed by atoms with Crippen molar-refractivity contribution in [3.8, 4) is 11.1 Å². The number of carbonyl (C=O) groups excluding carboxylic acids is 1. The zero-order valence-electron chi connectivity index (χ0n) is 13.2. The summed E-state index contributed by atoms with van der Waals surface area (Å²) >= 11 is 0. The van der Waals surface area contributed by atoms with Crippen molar-refractivity contribution >= 4 is 5.97 Å². The van der Waals surface area contributed by atoms with Crippen LogP contribution in [0.15, 0.2) is 72.9 Å². The zero-order chi connectivity index (χ0) is 16.4. The third-order valence-electron chi connectivity index (χ3n) is 4.43. The summed E-state index contributed by atoms with van der Waals surface area (Å²) in [7, 11) is 0. The highest BCUT2D eigenvalue weighted by molar-refractivity contribution is 5.79. The van der Waals surface area contributed by atoms with Crippen LogP contribution in [0.2, 0.25) is 0 Å². The summed E-state index contributed by atoms with van der Waals surface area (Å²) in [5.74, 6) is -0.138. The largest absolute Gasteiger partial charge is 0.464 e. The third-order valence-corrected chi connectivity index (χ3v) is 4.43. The number of pyridine rings is 1. The minimum absolute atomic E-state index is 0.102. The van der Waals surface area contributed by atoms with Crippen molar-refractivity contribution in [2.75, 3.05) is 6.61 Å². The fourth-order valence-electron chi connectivity index (χ4n) is 3.32. The van der Waals surface area contributed by atoms with Gasteiger partial charge in [-0.25, -0.2) is 0 Å². The van der Waals surface area contributed by atoms with Crippen molar-refractivity contribution in [3.05, 3.63) is 89.7 Å². The van der Waals surface area contributed by atoms with Crippen LogP contribution in [0.3, 0.4) is 0 Å². The molecule has 0 spiro atoms. The summed E-state index contributed by atoms with van der Waals surface area (Å²) in [5.41, 5.74) is 5.65. The van der Waals surface area contributed by atoms with Crippen molar-refractivity contribution < 1.29 is 9.53 Å². The van der Waals surface area contributed by atoms with Gasteiger partial charge < -0.3 is 4.74 Å². The summed E-state index contributed by atoms with van der Waals surface area (Å²) in [4.78, 5) is 16.3. The van der Waals surface area contributed by atoms with Gasteiger partial charge in [-0.3, -0.25) is 9.78 Å². The number of aromatic nitrogens is 1. The lowest BCUT2D eigenvalue weighted by atomic mass is 9.98. The highest BCUT2D eigenvalue weighted by Crippen LogP contribution is 2.44. The molecule has 24 heavy (non-hydrogen) atoms. The molecule has 3 heteroatoms. The molecule has 3 aromatic rings. The molecule has 0 aliphatic heterocycles. The van der Waals surface area contributed by atoms with Gasteiger partial charge in [-0.1, -0.05) is 54.6 Å². The maximum Gasteiger partial charge on any atom is 0.311 e. The number of ether oxygens (including phenoxy) is 1. The van der Waals surface area contributed by atoms with E-state index < -0.39 is 0 Å². The number of hydrogen-bond donors (Lipinski definition) is 0. The molecule has 0 saturated carbocycles. The van der Waals surface area contributed by atoms with Gasteiger partial charge in [-0.2, -0.15) is 0 Å². The number of carbonyl (C=O) groups is 1. The van der Waals surface area contributed by atoms with Crippen molar-refractivity contribution in [3.63, 3.8) is 0 Å². The standard InChI is InChI=1S/C21H17NO2/c23-21(13-15-7-5-6-12-22-15)24-14-20-18-10-3-1-8-16(18)17-9-2-4-11-19(17)20/h1-12,20H,13-14H2. The van der Waals surface area contributed by atoms with Crippen molar-refractivity contribution in [1.29, 1.82) is 0 Å². The van der Waals surface area contributed by atoms with Gasteiger partial charge in [-0.15, -0.1) is 0 Å². The second-order valence-corrected chi connectivity index (χ2v) is 5.91. The number of nitrogens with zero attached hydrogens (tertiary/aromatic N) is 1. The Hall–Kier alpha value is -2.94. The monoisotopic (exact) mass is 315 g/mol. The van der Waals surface area contributed by atoms with Crippen LogP contribution in [0, 0.1) is 0 Å². The minimum atomic E-state index is -0.240. The summed E-state index contributed by atoms with van der Waals surface area (Å²) in [6.07, 6.45) is 1.89. The normalized spacial score (nSPS) is 12.5. The number of esters is 1.